The van der Waals surface area contributed by atoms with Crippen molar-refractivity contribution in [2.24, 2.45) is 5.92 Å². The van der Waals surface area contributed by atoms with Gasteiger partial charge < -0.3 is 5.32 Å². The van der Waals surface area contributed by atoms with Gasteiger partial charge in [0.2, 0.25) is 0 Å². The second kappa shape index (κ2) is 7.46. The summed E-state index contributed by atoms with van der Waals surface area (Å²) < 4.78 is 13.5. The van der Waals surface area contributed by atoms with E-state index in [1.807, 2.05) is 13.8 Å². The van der Waals surface area contributed by atoms with E-state index in [9.17, 15) is 14.0 Å². The molecular formula is C20H20ClFN2O2. The fourth-order valence-corrected chi connectivity index (χ4v) is 3.17. The van der Waals surface area contributed by atoms with Crippen LogP contribution in [0.3, 0.4) is 0 Å². The number of anilines is 2. The molecule has 0 unspecified atom stereocenters. The quantitative estimate of drug-likeness (QED) is 0.832. The molecule has 1 N–H and O–H groups in total. The molecule has 0 radical (unpaired) electrons. The molecule has 0 saturated carbocycles. The number of rotatable bonds is 4. The molecule has 0 spiro atoms. The summed E-state index contributed by atoms with van der Waals surface area (Å²) in [4.78, 5) is 25.9. The molecule has 2 aromatic rings. The van der Waals surface area contributed by atoms with E-state index in [0.717, 1.165) is 11.1 Å². The lowest BCUT2D eigenvalue weighted by molar-refractivity contribution is -0.121. The molecule has 6 heteroatoms. The predicted molar refractivity (Wildman–Crippen MR) is 101 cm³/mol. The van der Waals surface area contributed by atoms with Crippen LogP contribution in [0.25, 0.3) is 0 Å². The summed E-state index contributed by atoms with van der Waals surface area (Å²) in [5.41, 5.74) is 2.79. The maximum absolute atomic E-state index is 13.5. The lowest BCUT2D eigenvalue weighted by atomic mass is 10.0. The van der Waals surface area contributed by atoms with Crippen molar-refractivity contribution in [2.75, 3.05) is 16.8 Å². The predicted octanol–water partition coefficient (Wildman–Crippen LogP) is 4.84. The zero-order valence-electron chi connectivity index (χ0n) is 14.7. The van der Waals surface area contributed by atoms with Crippen LogP contribution in [-0.4, -0.2) is 18.4 Å². The van der Waals surface area contributed by atoms with Crippen molar-refractivity contribution < 1.29 is 14.0 Å². The molecule has 0 bridgehead atoms. The van der Waals surface area contributed by atoms with Crippen LogP contribution in [0.1, 0.15) is 25.0 Å². The van der Waals surface area contributed by atoms with E-state index in [-0.39, 0.29) is 23.5 Å². The van der Waals surface area contributed by atoms with Crippen molar-refractivity contribution in [2.45, 2.75) is 26.7 Å². The molecule has 0 fully saturated rings. The van der Waals surface area contributed by atoms with Crippen LogP contribution in [0, 0.1) is 11.7 Å². The van der Waals surface area contributed by atoms with Gasteiger partial charge in [0.1, 0.15) is 11.6 Å². The van der Waals surface area contributed by atoms with Gasteiger partial charge in [-0.15, -0.1) is 0 Å². The summed E-state index contributed by atoms with van der Waals surface area (Å²) in [7, 11) is 0. The zero-order chi connectivity index (χ0) is 18.8. The van der Waals surface area contributed by atoms with E-state index in [0.29, 0.717) is 35.8 Å². The standard InChI is InChI=1S/C20H20ClFN2O2/c1-12(2)19(25)10-13-3-6-17(16(21)9-13)23-20(26)24-8-7-14-4-5-15(22)11-18(14)24/h3-6,9,11-12H,7-8,10H2,1-2H3,(H,23,26). The van der Waals surface area contributed by atoms with Crippen LogP contribution in [0.5, 0.6) is 0 Å². The first-order valence-electron chi connectivity index (χ1n) is 8.53. The molecule has 0 atom stereocenters. The molecule has 0 aliphatic carbocycles. The minimum Gasteiger partial charge on any atom is -0.306 e. The molecule has 4 nitrogen and oxygen atoms in total. The van der Waals surface area contributed by atoms with E-state index >= 15 is 0 Å². The lowest BCUT2D eigenvalue weighted by Gasteiger charge is -2.19. The monoisotopic (exact) mass is 374 g/mol. The van der Waals surface area contributed by atoms with Gasteiger partial charge in [-0.3, -0.25) is 9.69 Å². The molecule has 136 valence electrons. The molecule has 0 aromatic heterocycles. The largest absolute Gasteiger partial charge is 0.326 e. The normalized spacial score (nSPS) is 13.0. The fraction of sp³-hybridized carbons (Fsp3) is 0.300. The number of hydrogen-bond donors (Lipinski definition) is 1. The number of hydrogen-bond acceptors (Lipinski definition) is 2. The minimum absolute atomic E-state index is 0.0382. The van der Waals surface area contributed by atoms with Crippen LogP contribution >= 0.6 is 11.6 Å². The van der Waals surface area contributed by atoms with Gasteiger partial charge in [-0.25, -0.2) is 9.18 Å². The Labute approximate surface area is 157 Å². The van der Waals surface area contributed by atoms with E-state index in [2.05, 4.69) is 5.32 Å². The number of halogens is 2. The molecule has 1 heterocycles. The van der Waals surface area contributed by atoms with Crippen molar-refractivity contribution in [3.63, 3.8) is 0 Å². The maximum Gasteiger partial charge on any atom is 0.326 e. The second-order valence-corrected chi connectivity index (χ2v) is 7.12. The van der Waals surface area contributed by atoms with Crippen LogP contribution in [-0.2, 0) is 17.6 Å². The third-order valence-corrected chi connectivity index (χ3v) is 4.80. The highest BCUT2D eigenvalue weighted by molar-refractivity contribution is 6.34. The van der Waals surface area contributed by atoms with Gasteiger partial charge in [0, 0.05) is 18.9 Å². The summed E-state index contributed by atoms with van der Waals surface area (Å²) in [5, 5.41) is 3.13. The van der Waals surface area contributed by atoms with Gasteiger partial charge in [0.25, 0.3) is 0 Å². The van der Waals surface area contributed by atoms with Crippen LogP contribution < -0.4 is 10.2 Å². The highest BCUT2D eigenvalue weighted by Gasteiger charge is 2.25. The van der Waals surface area contributed by atoms with Gasteiger partial charge in [-0.2, -0.15) is 0 Å². The average molecular weight is 375 g/mol. The van der Waals surface area contributed by atoms with Crippen LogP contribution in [0.15, 0.2) is 36.4 Å². The summed E-state index contributed by atoms with van der Waals surface area (Å²) in [5.74, 6) is -0.280. The number of carbonyl (C=O) groups is 2. The van der Waals surface area contributed by atoms with Crippen LogP contribution in [0.4, 0.5) is 20.6 Å². The summed E-state index contributed by atoms with van der Waals surface area (Å²) in [6, 6.07) is 9.26. The molecule has 0 saturated heterocycles. The zero-order valence-corrected chi connectivity index (χ0v) is 15.4. The van der Waals surface area contributed by atoms with Crippen molar-refractivity contribution in [1.82, 2.24) is 0 Å². The van der Waals surface area contributed by atoms with Crippen molar-refractivity contribution in [1.29, 1.82) is 0 Å². The number of nitrogens with one attached hydrogen (secondary N) is 1. The molecule has 3 rings (SSSR count). The SMILES string of the molecule is CC(C)C(=O)Cc1ccc(NC(=O)N2CCc3ccc(F)cc32)c(Cl)c1. The summed E-state index contributed by atoms with van der Waals surface area (Å²) in [6.45, 7) is 4.20. The Morgan fingerprint density at radius 2 is 2.00 bits per heavy atom. The Morgan fingerprint density at radius 3 is 2.69 bits per heavy atom. The number of nitrogens with zero attached hydrogens (tertiary/aromatic N) is 1. The Hall–Kier alpha value is -2.40. The van der Waals surface area contributed by atoms with Crippen molar-refractivity contribution in [3.05, 3.63) is 58.4 Å². The number of Topliss-reactive ketones (excluding diaryl/α,β-unsaturated/α-hetero) is 1. The third kappa shape index (κ3) is 3.88. The Morgan fingerprint density at radius 1 is 1.23 bits per heavy atom. The molecule has 26 heavy (non-hydrogen) atoms. The molecule has 2 amide bonds. The number of ketones is 1. The Kier molecular flexibility index (Phi) is 5.28. The number of benzene rings is 2. The van der Waals surface area contributed by atoms with E-state index in [4.69, 9.17) is 11.6 Å². The average Bonchev–Trinajstić information content (AvgIpc) is 3.00. The summed E-state index contributed by atoms with van der Waals surface area (Å²) >= 11 is 6.26. The number of urea groups is 1. The second-order valence-electron chi connectivity index (χ2n) is 6.72. The molecule has 2 aromatic carbocycles. The first kappa shape index (κ1) is 18.4. The fourth-order valence-electron chi connectivity index (χ4n) is 2.92. The third-order valence-electron chi connectivity index (χ3n) is 4.49. The molecule has 1 aliphatic rings. The maximum atomic E-state index is 13.5. The van der Waals surface area contributed by atoms with Gasteiger partial charge in [-0.05, 0) is 41.8 Å². The van der Waals surface area contributed by atoms with Gasteiger partial charge in [0.05, 0.1) is 16.4 Å². The van der Waals surface area contributed by atoms with Crippen molar-refractivity contribution >= 4 is 34.8 Å². The lowest BCUT2D eigenvalue weighted by Crippen LogP contribution is -2.33. The van der Waals surface area contributed by atoms with Crippen LogP contribution in [0.2, 0.25) is 5.02 Å². The highest BCUT2D eigenvalue weighted by Crippen LogP contribution is 2.30. The highest BCUT2D eigenvalue weighted by atomic mass is 35.5. The minimum atomic E-state index is -0.374. The Balaban J connectivity index is 1.73. The van der Waals surface area contributed by atoms with E-state index in [1.54, 1.807) is 24.3 Å². The number of fused-ring (bicyclic) bond motifs is 1. The smallest absolute Gasteiger partial charge is 0.306 e. The Bertz CT molecular complexity index is 867. The molecule has 1 aliphatic heterocycles. The molecular weight excluding hydrogens is 355 g/mol. The van der Waals surface area contributed by atoms with Crippen molar-refractivity contribution in [3.8, 4) is 0 Å². The van der Waals surface area contributed by atoms with Gasteiger partial charge in [-0.1, -0.05) is 37.6 Å². The van der Waals surface area contributed by atoms with E-state index < -0.39 is 0 Å². The first-order valence-corrected chi connectivity index (χ1v) is 8.91. The number of amides is 2. The summed E-state index contributed by atoms with van der Waals surface area (Å²) in [6.07, 6.45) is 0.997. The van der Waals surface area contributed by atoms with Gasteiger partial charge in [0.15, 0.2) is 0 Å². The van der Waals surface area contributed by atoms with Gasteiger partial charge >= 0.3 is 6.03 Å². The number of carbonyl (C=O) groups excluding carboxylic acids is 2. The van der Waals surface area contributed by atoms with E-state index in [1.165, 1.54) is 17.0 Å². The first-order chi connectivity index (χ1) is 12.3. The topological polar surface area (TPSA) is 49.4 Å².